The van der Waals surface area contributed by atoms with Gasteiger partial charge in [0.25, 0.3) is 5.91 Å². The van der Waals surface area contributed by atoms with Crippen LogP contribution in [0.2, 0.25) is 0 Å². The van der Waals surface area contributed by atoms with Crippen molar-refractivity contribution in [3.63, 3.8) is 0 Å². The molecule has 0 radical (unpaired) electrons. The molecule has 1 fully saturated rings. The van der Waals surface area contributed by atoms with Gasteiger partial charge < -0.3 is 5.32 Å². The normalized spacial score (nSPS) is 15.1. The van der Waals surface area contributed by atoms with Crippen LogP contribution in [0.15, 0.2) is 53.4 Å². The smallest absolute Gasteiger partial charge is 0.252 e. The third-order valence-corrected chi connectivity index (χ3v) is 5.55. The zero-order valence-corrected chi connectivity index (χ0v) is 15.6. The van der Waals surface area contributed by atoms with Crippen LogP contribution in [0, 0.1) is 0 Å². The summed E-state index contributed by atoms with van der Waals surface area (Å²) in [5.41, 5.74) is 3.29. The van der Waals surface area contributed by atoms with Crippen LogP contribution in [0.3, 0.4) is 0 Å². The molecule has 1 aliphatic heterocycles. The molecule has 1 heterocycles. The maximum Gasteiger partial charge on any atom is 0.252 e. The van der Waals surface area contributed by atoms with E-state index in [-0.39, 0.29) is 5.91 Å². The molecule has 0 bridgehead atoms. The van der Waals surface area contributed by atoms with Gasteiger partial charge >= 0.3 is 0 Å². The molecule has 0 spiro atoms. The van der Waals surface area contributed by atoms with Crippen LogP contribution < -0.4 is 5.32 Å². The topological polar surface area (TPSA) is 32.3 Å². The predicted molar refractivity (Wildman–Crippen MR) is 105 cm³/mol. The number of rotatable bonds is 6. The van der Waals surface area contributed by atoms with Crippen LogP contribution in [-0.4, -0.2) is 30.2 Å². The number of nitrogens with zero attached hydrogens (tertiary/aromatic N) is 1. The first kappa shape index (κ1) is 18.0. The molecule has 0 saturated carbocycles. The van der Waals surface area contributed by atoms with E-state index in [1.54, 1.807) is 11.8 Å². The van der Waals surface area contributed by atoms with Gasteiger partial charge in [-0.2, -0.15) is 0 Å². The number of piperidine rings is 1. The summed E-state index contributed by atoms with van der Waals surface area (Å²) in [4.78, 5) is 16.1. The molecule has 4 heteroatoms. The standard InChI is InChI=1S/C21H26N2OS/c1-25-20-12-6-5-11-19(20)21(24)22-15-17-9-3-4-10-18(17)16-23-13-7-2-8-14-23/h3-6,9-12H,2,7-8,13-16H2,1H3,(H,22,24). The number of hydrogen-bond acceptors (Lipinski definition) is 3. The monoisotopic (exact) mass is 354 g/mol. The van der Waals surface area contributed by atoms with Gasteiger partial charge in [-0.15, -0.1) is 11.8 Å². The van der Waals surface area contributed by atoms with Crippen LogP contribution in [0.1, 0.15) is 40.7 Å². The Morgan fingerprint density at radius 3 is 2.44 bits per heavy atom. The third-order valence-electron chi connectivity index (χ3n) is 4.75. The maximum atomic E-state index is 12.6. The van der Waals surface area contributed by atoms with Gasteiger partial charge in [0.2, 0.25) is 0 Å². The molecule has 1 amide bonds. The first-order valence-electron chi connectivity index (χ1n) is 8.98. The number of likely N-dealkylation sites (tertiary alicyclic amines) is 1. The summed E-state index contributed by atoms with van der Waals surface area (Å²) < 4.78 is 0. The predicted octanol–water partition coefficient (Wildman–Crippen LogP) is 4.32. The van der Waals surface area contributed by atoms with Crippen molar-refractivity contribution in [2.24, 2.45) is 0 Å². The van der Waals surface area contributed by atoms with E-state index in [9.17, 15) is 4.79 Å². The quantitative estimate of drug-likeness (QED) is 0.784. The molecule has 132 valence electrons. The molecule has 1 N–H and O–H groups in total. The minimum absolute atomic E-state index is 0.00211. The highest BCUT2D eigenvalue weighted by atomic mass is 32.2. The lowest BCUT2D eigenvalue weighted by atomic mass is 10.0. The molecular weight excluding hydrogens is 328 g/mol. The Bertz CT molecular complexity index is 711. The lowest BCUT2D eigenvalue weighted by molar-refractivity contribution is 0.0948. The van der Waals surface area contributed by atoms with E-state index < -0.39 is 0 Å². The highest BCUT2D eigenvalue weighted by molar-refractivity contribution is 7.98. The molecule has 3 rings (SSSR count). The molecule has 0 aromatic heterocycles. The molecule has 3 nitrogen and oxygen atoms in total. The Labute approximate surface area is 154 Å². The van der Waals surface area contributed by atoms with Crippen molar-refractivity contribution in [2.75, 3.05) is 19.3 Å². The number of hydrogen-bond donors (Lipinski definition) is 1. The number of nitrogens with one attached hydrogen (secondary N) is 1. The van der Waals surface area contributed by atoms with E-state index in [4.69, 9.17) is 0 Å². The molecule has 0 unspecified atom stereocenters. The van der Waals surface area contributed by atoms with Gasteiger partial charge in [-0.1, -0.05) is 42.8 Å². The summed E-state index contributed by atoms with van der Waals surface area (Å²) in [5.74, 6) is -0.00211. The van der Waals surface area contributed by atoms with E-state index in [1.165, 1.54) is 43.5 Å². The molecule has 1 aliphatic rings. The zero-order valence-electron chi connectivity index (χ0n) is 14.8. The number of carbonyl (C=O) groups excluding carboxylic acids is 1. The van der Waals surface area contributed by atoms with Crippen molar-refractivity contribution < 1.29 is 4.79 Å². The fourth-order valence-electron chi connectivity index (χ4n) is 3.35. The largest absolute Gasteiger partial charge is 0.348 e. The van der Waals surface area contributed by atoms with Gasteiger partial charge in [-0.25, -0.2) is 0 Å². The summed E-state index contributed by atoms with van der Waals surface area (Å²) in [5, 5.41) is 3.10. The molecule has 1 saturated heterocycles. The van der Waals surface area contributed by atoms with Crippen LogP contribution in [0.4, 0.5) is 0 Å². The second kappa shape index (κ2) is 9.07. The first-order chi connectivity index (χ1) is 12.3. The van der Waals surface area contributed by atoms with Gasteiger partial charge in [0.1, 0.15) is 0 Å². The number of thioether (sulfide) groups is 1. The van der Waals surface area contributed by atoms with E-state index >= 15 is 0 Å². The number of carbonyl (C=O) groups is 1. The second-order valence-electron chi connectivity index (χ2n) is 6.49. The Hall–Kier alpha value is -1.78. The zero-order chi connectivity index (χ0) is 17.5. The highest BCUT2D eigenvalue weighted by Crippen LogP contribution is 2.20. The maximum absolute atomic E-state index is 12.6. The minimum atomic E-state index is -0.00211. The third kappa shape index (κ3) is 4.86. The molecular formula is C21H26N2OS. The van der Waals surface area contributed by atoms with Gasteiger partial charge in [-0.3, -0.25) is 9.69 Å². The molecule has 2 aromatic rings. The van der Waals surface area contributed by atoms with E-state index in [0.717, 1.165) is 17.0 Å². The van der Waals surface area contributed by atoms with Gasteiger partial charge in [0, 0.05) is 18.0 Å². The summed E-state index contributed by atoms with van der Waals surface area (Å²) >= 11 is 1.60. The lowest BCUT2D eigenvalue weighted by Crippen LogP contribution is -2.30. The lowest BCUT2D eigenvalue weighted by Gasteiger charge is -2.27. The van der Waals surface area contributed by atoms with Crippen LogP contribution in [-0.2, 0) is 13.1 Å². The number of amides is 1. The molecule has 0 aliphatic carbocycles. The van der Waals surface area contributed by atoms with Gasteiger partial charge in [0.05, 0.1) is 5.56 Å². The van der Waals surface area contributed by atoms with E-state index in [0.29, 0.717) is 6.54 Å². The summed E-state index contributed by atoms with van der Waals surface area (Å²) in [6.07, 6.45) is 5.94. The Kier molecular flexibility index (Phi) is 6.54. The van der Waals surface area contributed by atoms with E-state index in [1.807, 2.05) is 30.5 Å². The Morgan fingerprint density at radius 2 is 1.68 bits per heavy atom. The summed E-state index contributed by atoms with van der Waals surface area (Å²) in [7, 11) is 0. The van der Waals surface area contributed by atoms with E-state index in [2.05, 4.69) is 34.5 Å². The fourth-order valence-corrected chi connectivity index (χ4v) is 3.94. The van der Waals surface area contributed by atoms with Crippen molar-refractivity contribution in [1.82, 2.24) is 10.2 Å². The van der Waals surface area contributed by atoms with Crippen LogP contribution in [0.5, 0.6) is 0 Å². The van der Waals surface area contributed by atoms with Crippen molar-refractivity contribution >= 4 is 17.7 Å². The first-order valence-corrected chi connectivity index (χ1v) is 10.2. The van der Waals surface area contributed by atoms with Crippen LogP contribution >= 0.6 is 11.8 Å². The van der Waals surface area contributed by atoms with Crippen molar-refractivity contribution in [3.05, 3.63) is 65.2 Å². The van der Waals surface area contributed by atoms with Crippen molar-refractivity contribution in [3.8, 4) is 0 Å². The average Bonchev–Trinajstić information content (AvgIpc) is 2.68. The Balaban J connectivity index is 1.65. The SMILES string of the molecule is CSc1ccccc1C(=O)NCc1ccccc1CN1CCCCC1. The summed E-state index contributed by atoms with van der Waals surface area (Å²) in [6.45, 7) is 3.92. The minimum Gasteiger partial charge on any atom is -0.348 e. The average molecular weight is 355 g/mol. The second-order valence-corrected chi connectivity index (χ2v) is 7.34. The van der Waals surface area contributed by atoms with Crippen LogP contribution in [0.25, 0.3) is 0 Å². The Morgan fingerprint density at radius 1 is 1.00 bits per heavy atom. The molecule has 2 aromatic carbocycles. The summed E-state index contributed by atoms with van der Waals surface area (Å²) in [6, 6.07) is 16.2. The fraction of sp³-hybridized carbons (Fsp3) is 0.381. The van der Waals surface area contributed by atoms with Crippen molar-refractivity contribution in [1.29, 1.82) is 0 Å². The van der Waals surface area contributed by atoms with Gasteiger partial charge in [0.15, 0.2) is 0 Å². The highest BCUT2D eigenvalue weighted by Gasteiger charge is 2.14. The molecule has 0 atom stereocenters. The van der Waals surface area contributed by atoms with Gasteiger partial charge in [-0.05, 0) is 55.4 Å². The number of benzene rings is 2. The van der Waals surface area contributed by atoms with Crippen molar-refractivity contribution in [2.45, 2.75) is 37.2 Å². The molecule has 25 heavy (non-hydrogen) atoms.